The Morgan fingerprint density at radius 3 is 2.23 bits per heavy atom. The third kappa shape index (κ3) is 12.9. The number of halogens is 1. The molecule has 0 bridgehead atoms. The van der Waals surface area contributed by atoms with E-state index in [-0.39, 0.29) is 5.82 Å². The molecule has 0 spiro atoms. The maximum absolute atomic E-state index is 14.4. The smallest absolute Gasteiger partial charge is 0.163 e. The average molecular weight is 827 g/mol. The van der Waals surface area contributed by atoms with E-state index in [0.29, 0.717) is 22.9 Å². The largest absolute Gasteiger partial charge is 0.405 e. The standard InChI is InChI=1S/C22H21FN6.C22H34N2.C4H7N.C2H5N/c1-14-3-2-4-17(23)19(14)22-25-13-18-21(26-22)20(28-27-18)15-5-7-16(8-6-15)29-11-9-24-10-12-29;1-6-8-9-10-11-15-23-20-13-14-21-18(4)24(17(3)12-7-2)19(5)22(21)16-20;1-3-5-4-2;1-2-3/h2-8,13,24H,9-12H2,1H3,(H,27,28);13-14,16-17,23H,4-12,15H2,1-3H3;3-5H,1-2H2;2H,1,3H2. The van der Waals surface area contributed by atoms with Crippen molar-refractivity contribution in [2.75, 3.05) is 42.9 Å². The highest BCUT2D eigenvalue weighted by atomic mass is 19.1. The van der Waals surface area contributed by atoms with E-state index >= 15 is 0 Å². The zero-order valence-corrected chi connectivity index (χ0v) is 36.9. The average Bonchev–Trinajstić information content (AvgIpc) is 3.80. The van der Waals surface area contributed by atoms with Crippen LogP contribution in [-0.4, -0.2) is 57.5 Å². The van der Waals surface area contributed by atoms with Crippen molar-refractivity contribution in [3.05, 3.63) is 127 Å². The van der Waals surface area contributed by atoms with Gasteiger partial charge in [0.25, 0.3) is 0 Å². The first kappa shape index (κ1) is 47.5. The third-order valence-corrected chi connectivity index (χ3v) is 10.6. The normalized spacial score (nSPS) is 12.5. The maximum Gasteiger partial charge on any atom is 0.163 e. The number of fused-ring (bicyclic) bond motifs is 2. The molecule has 1 aliphatic rings. The molecule has 1 saturated heterocycles. The second-order valence-electron chi connectivity index (χ2n) is 15.1. The molecule has 10 nitrogen and oxygen atoms in total. The van der Waals surface area contributed by atoms with Crippen LogP contribution in [0, 0.1) is 12.7 Å². The Kier molecular flexibility index (Phi) is 19.3. The lowest BCUT2D eigenvalue weighted by Gasteiger charge is -2.29. The van der Waals surface area contributed by atoms with Gasteiger partial charge in [0, 0.05) is 77.2 Å². The van der Waals surface area contributed by atoms with Crippen molar-refractivity contribution in [2.24, 2.45) is 5.73 Å². The van der Waals surface area contributed by atoms with Crippen LogP contribution in [0.1, 0.15) is 77.3 Å². The minimum Gasteiger partial charge on any atom is -0.405 e. The van der Waals surface area contributed by atoms with Crippen LogP contribution in [0.25, 0.3) is 57.6 Å². The number of anilines is 2. The van der Waals surface area contributed by atoms with Gasteiger partial charge in [-0.25, -0.2) is 14.4 Å². The minimum atomic E-state index is -0.324. The number of nitrogens with zero attached hydrogens (tertiary/aromatic N) is 5. The summed E-state index contributed by atoms with van der Waals surface area (Å²) in [5.41, 5.74) is 11.4. The fourth-order valence-corrected chi connectivity index (χ4v) is 7.49. The summed E-state index contributed by atoms with van der Waals surface area (Å²) in [7, 11) is 0. The van der Waals surface area contributed by atoms with Crippen LogP contribution in [-0.2, 0) is 0 Å². The topological polar surface area (TPSA) is 125 Å². The first-order chi connectivity index (χ1) is 29.6. The molecule has 6 aromatic rings. The molecule has 3 aromatic heterocycles. The summed E-state index contributed by atoms with van der Waals surface area (Å²) in [5, 5.41) is 21.7. The third-order valence-electron chi connectivity index (χ3n) is 10.6. The van der Waals surface area contributed by atoms with Gasteiger partial charge in [-0.05, 0) is 81.2 Å². The fraction of sp³-hybridized carbons (Fsp3) is 0.340. The van der Waals surface area contributed by atoms with Crippen LogP contribution in [0.15, 0.2) is 105 Å². The van der Waals surface area contributed by atoms with Crippen molar-refractivity contribution in [3.63, 3.8) is 0 Å². The van der Waals surface area contributed by atoms with E-state index in [2.05, 4.69) is 147 Å². The molecule has 7 rings (SSSR count). The number of aromatic nitrogens is 5. The van der Waals surface area contributed by atoms with Crippen LogP contribution in [0.4, 0.5) is 15.8 Å². The van der Waals surface area contributed by atoms with Gasteiger partial charge in [-0.3, -0.25) is 5.10 Å². The van der Waals surface area contributed by atoms with E-state index in [1.54, 1.807) is 24.7 Å². The van der Waals surface area contributed by atoms with Gasteiger partial charge in [0.15, 0.2) is 5.82 Å². The molecule has 1 fully saturated rings. The van der Waals surface area contributed by atoms with Crippen molar-refractivity contribution >= 4 is 46.3 Å². The quantitative estimate of drug-likeness (QED) is 0.0649. The van der Waals surface area contributed by atoms with Gasteiger partial charge in [0.1, 0.15) is 22.5 Å². The van der Waals surface area contributed by atoms with E-state index in [9.17, 15) is 4.39 Å². The first-order valence-corrected chi connectivity index (χ1v) is 21.5. The predicted molar refractivity (Wildman–Crippen MR) is 259 cm³/mol. The highest BCUT2D eigenvalue weighted by Crippen LogP contribution is 2.30. The highest BCUT2D eigenvalue weighted by Gasteiger charge is 2.17. The summed E-state index contributed by atoms with van der Waals surface area (Å²) in [6, 6.07) is 20.4. The number of unbranched alkanes of at least 4 members (excludes halogenated alkanes) is 4. The minimum absolute atomic E-state index is 0.324. The van der Waals surface area contributed by atoms with E-state index < -0.39 is 0 Å². The lowest BCUT2D eigenvalue weighted by Crippen LogP contribution is -2.43. The van der Waals surface area contributed by atoms with Crippen LogP contribution >= 0.6 is 0 Å². The second kappa shape index (κ2) is 24.8. The number of H-pyrrole nitrogens is 1. The number of aromatic amines is 1. The predicted octanol–water partition coefficient (Wildman–Crippen LogP) is 9.70. The van der Waals surface area contributed by atoms with Gasteiger partial charge in [0.05, 0.1) is 11.8 Å². The first-order valence-electron chi connectivity index (χ1n) is 21.5. The number of hydrogen-bond donors (Lipinski definition) is 5. The van der Waals surface area contributed by atoms with E-state index in [1.165, 1.54) is 72.9 Å². The van der Waals surface area contributed by atoms with Gasteiger partial charge < -0.3 is 31.2 Å². The molecule has 0 saturated carbocycles. The van der Waals surface area contributed by atoms with Gasteiger partial charge in [-0.15, -0.1) is 0 Å². The van der Waals surface area contributed by atoms with Crippen LogP contribution in [0.3, 0.4) is 0 Å². The monoisotopic (exact) mass is 827 g/mol. The molecular weight excluding hydrogens is 760 g/mol. The molecule has 1 aliphatic heterocycles. The molecular formula is C50H67FN10. The zero-order chi connectivity index (χ0) is 44.1. The van der Waals surface area contributed by atoms with Crippen molar-refractivity contribution in [1.82, 2.24) is 35.4 Å². The summed E-state index contributed by atoms with van der Waals surface area (Å²) in [6.45, 7) is 32.2. The van der Waals surface area contributed by atoms with Gasteiger partial charge >= 0.3 is 0 Å². The van der Waals surface area contributed by atoms with Crippen molar-refractivity contribution in [1.29, 1.82) is 0 Å². The van der Waals surface area contributed by atoms with Crippen LogP contribution in [0.2, 0.25) is 0 Å². The van der Waals surface area contributed by atoms with Gasteiger partial charge in [-0.1, -0.05) is 109 Å². The summed E-state index contributed by atoms with van der Waals surface area (Å²) in [6.07, 6.45) is 14.9. The molecule has 1 atom stereocenters. The Balaban J connectivity index is 0.000000232. The Morgan fingerprint density at radius 1 is 0.902 bits per heavy atom. The molecule has 3 aromatic carbocycles. The van der Waals surface area contributed by atoms with E-state index in [0.717, 1.165) is 72.2 Å². The molecule has 4 heterocycles. The Labute approximate surface area is 362 Å². The fourth-order valence-electron chi connectivity index (χ4n) is 7.49. The van der Waals surface area contributed by atoms with Gasteiger partial charge in [-0.2, -0.15) is 5.10 Å². The van der Waals surface area contributed by atoms with Crippen molar-refractivity contribution in [2.45, 2.75) is 78.7 Å². The van der Waals surface area contributed by atoms with Crippen molar-refractivity contribution in [3.8, 4) is 22.6 Å². The second-order valence-corrected chi connectivity index (χ2v) is 15.1. The Hall–Kier alpha value is -6.20. The Morgan fingerprint density at radius 2 is 1.59 bits per heavy atom. The van der Waals surface area contributed by atoms with Crippen LogP contribution < -0.4 is 37.3 Å². The number of rotatable bonds is 15. The number of benzene rings is 3. The lowest BCUT2D eigenvalue weighted by molar-refractivity contribution is 0.486. The number of piperazine rings is 1. The molecule has 6 N–H and O–H groups in total. The number of aryl methyl sites for hydroxylation is 1. The Bertz CT molecular complexity index is 2370. The van der Waals surface area contributed by atoms with Crippen molar-refractivity contribution < 1.29 is 4.39 Å². The lowest BCUT2D eigenvalue weighted by atomic mass is 10.1. The number of hydrogen-bond acceptors (Lipinski definition) is 8. The molecule has 0 aliphatic carbocycles. The summed E-state index contributed by atoms with van der Waals surface area (Å²) < 4.78 is 16.7. The molecule has 1 unspecified atom stereocenters. The summed E-state index contributed by atoms with van der Waals surface area (Å²) >= 11 is 0. The number of nitrogens with two attached hydrogens (primary N) is 1. The molecule has 61 heavy (non-hydrogen) atoms. The zero-order valence-electron chi connectivity index (χ0n) is 36.9. The van der Waals surface area contributed by atoms with Crippen LogP contribution in [0.5, 0.6) is 0 Å². The highest BCUT2D eigenvalue weighted by molar-refractivity contribution is 5.90. The molecule has 11 heteroatoms. The molecule has 0 radical (unpaired) electrons. The van der Waals surface area contributed by atoms with E-state index in [1.807, 2.05) is 13.0 Å². The SMILES string of the molecule is C=CN.C=CNC=C.C=c1c2ccc(NCCCCCCC)cc2c(=C)n1C(C)CCC.Cc1cccc(F)c1-c1ncc2[nH]nc(-c3ccc(N4CCNCC4)cc3)c2n1. The van der Waals surface area contributed by atoms with Gasteiger partial charge in [0.2, 0.25) is 0 Å². The molecule has 324 valence electrons. The summed E-state index contributed by atoms with van der Waals surface area (Å²) in [4.78, 5) is 11.4. The van der Waals surface area contributed by atoms with E-state index in [4.69, 9.17) is 0 Å². The summed E-state index contributed by atoms with van der Waals surface area (Å²) in [5.74, 6) is 0.0444. The molecule has 0 amide bonds. The maximum atomic E-state index is 14.4. The number of nitrogens with one attached hydrogen (secondary N) is 4.